The molecule has 0 rings (SSSR count). The van der Waals surface area contributed by atoms with E-state index in [4.69, 9.17) is 4.74 Å². The van der Waals surface area contributed by atoms with Crippen molar-refractivity contribution in [2.75, 3.05) is 6.67 Å². The van der Waals surface area contributed by atoms with Crippen LogP contribution < -0.4 is 5.32 Å². The third-order valence-corrected chi connectivity index (χ3v) is 3.27. The van der Waals surface area contributed by atoms with Crippen LogP contribution in [0, 0.1) is 0 Å². The lowest BCUT2D eigenvalue weighted by Crippen LogP contribution is -2.54. The zero-order valence-electron chi connectivity index (χ0n) is 13.3. The smallest absolute Gasteiger partial charge is 0.408 e. The second-order valence-electron chi connectivity index (χ2n) is 5.99. The fourth-order valence-corrected chi connectivity index (χ4v) is 2.01. The van der Waals surface area contributed by atoms with Crippen LogP contribution in [0.4, 0.5) is 9.18 Å². The number of ketones is 1. The number of hydrogen-bond acceptors (Lipinski definition) is 3. The van der Waals surface area contributed by atoms with Crippen LogP contribution in [0.15, 0.2) is 0 Å². The third-order valence-electron chi connectivity index (χ3n) is 3.27. The Morgan fingerprint density at radius 1 is 1.10 bits per heavy atom. The average molecular weight is 289 g/mol. The van der Waals surface area contributed by atoms with Gasteiger partial charge in [0.15, 0.2) is 5.78 Å². The van der Waals surface area contributed by atoms with Gasteiger partial charge in [0, 0.05) is 6.42 Å². The monoisotopic (exact) mass is 289 g/mol. The molecule has 0 spiro atoms. The second-order valence-corrected chi connectivity index (χ2v) is 5.99. The molecule has 1 N–H and O–H groups in total. The summed E-state index contributed by atoms with van der Waals surface area (Å²) in [5.41, 5.74) is -1.51. The number of alkyl halides is 1. The number of unbranched alkanes of at least 4 members (excludes halogenated alkanes) is 1. The molecule has 0 aromatic carbocycles. The molecule has 0 aliphatic rings. The van der Waals surface area contributed by atoms with Crippen molar-refractivity contribution in [3.63, 3.8) is 0 Å². The van der Waals surface area contributed by atoms with E-state index >= 15 is 0 Å². The Hall–Kier alpha value is -1.13. The largest absolute Gasteiger partial charge is 0.444 e. The Bertz CT molecular complexity index is 320. The van der Waals surface area contributed by atoms with Crippen molar-refractivity contribution in [1.82, 2.24) is 5.32 Å². The van der Waals surface area contributed by atoms with Gasteiger partial charge < -0.3 is 10.1 Å². The van der Waals surface area contributed by atoms with Crippen molar-refractivity contribution in [3.8, 4) is 0 Å². The van der Waals surface area contributed by atoms with Crippen molar-refractivity contribution >= 4 is 11.9 Å². The van der Waals surface area contributed by atoms with Crippen LogP contribution in [-0.4, -0.2) is 29.7 Å². The summed E-state index contributed by atoms with van der Waals surface area (Å²) in [5.74, 6) is -0.0539. The standard InChI is InChI=1S/C15H28FNO3/c1-6-15(7-2,12(18)10-8-9-11-16)17-13(19)20-14(3,4)5/h6-11H2,1-5H3,(H,17,19). The fourth-order valence-electron chi connectivity index (χ4n) is 2.01. The third kappa shape index (κ3) is 6.35. The number of nitrogens with one attached hydrogen (secondary N) is 1. The highest BCUT2D eigenvalue weighted by atomic mass is 19.1. The van der Waals surface area contributed by atoms with Crippen molar-refractivity contribution in [1.29, 1.82) is 0 Å². The Labute approximate surface area is 121 Å². The molecule has 0 unspecified atom stereocenters. The Kier molecular flexibility index (Phi) is 7.76. The van der Waals surface area contributed by atoms with E-state index in [2.05, 4.69) is 5.32 Å². The van der Waals surface area contributed by atoms with Gasteiger partial charge in [-0.25, -0.2) is 4.79 Å². The summed E-state index contributed by atoms with van der Waals surface area (Å²) in [6.07, 6.45) is 1.57. The summed E-state index contributed by atoms with van der Waals surface area (Å²) in [7, 11) is 0. The number of rotatable bonds is 8. The Morgan fingerprint density at radius 2 is 1.65 bits per heavy atom. The molecule has 0 fully saturated rings. The molecule has 20 heavy (non-hydrogen) atoms. The van der Waals surface area contributed by atoms with Crippen LogP contribution in [0.25, 0.3) is 0 Å². The summed E-state index contributed by atoms with van der Waals surface area (Å²) in [5, 5.41) is 2.71. The van der Waals surface area contributed by atoms with Crippen molar-refractivity contribution in [2.45, 2.75) is 77.9 Å². The first-order chi connectivity index (χ1) is 9.20. The Morgan fingerprint density at radius 3 is 2.05 bits per heavy atom. The molecule has 4 nitrogen and oxygen atoms in total. The number of ether oxygens (including phenoxy) is 1. The minimum absolute atomic E-state index is 0.0539. The van der Waals surface area contributed by atoms with Gasteiger partial charge in [0.05, 0.1) is 6.67 Å². The van der Waals surface area contributed by atoms with E-state index in [1.165, 1.54) is 0 Å². The summed E-state index contributed by atoms with van der Waals surface area (Å²) >= 11 is 0. The van der Waals surface area contributed by atoms with Gasteiger partial charge >= 0.3 is 6.09 Å². The van der Waals surface area contributed by atoms with E-state index in [-0.39, 0.29) is 12.2 Å². The van der Waals surface area contributed by atoms with Gasteiger partial charge in [-0.15, -0.1) is 0 Å². The van der Waals surface area contributed by atoms with Gasteiger partial charge in [0.2, 0.25) is 0 Å². The summed E-state index contributed by atoms with van der Waals surface area (Å²) in [6.45, 7) is 8.61. The number of halogens is 1. The molecule has 1 amide bonds. The number of carbonyl (C=O) groups is 2. The molecule has 0 bridgehead atoms. The number of hydrogen-bond donors (Lipinski definition) is 1. The molecule has 0 aromatic heterocycles. The van der Waals surface area contributed by atoms with Gasteiger partial charge in [-0.2, -0.15) is 0 Å². The first kappa shape index (κ1) is 18.9. The van der Waals surface area contributed by atoms with E-state index in [9.17, 15) is 14.0 Å². The van der Waals surface area contributed by atoms with Gasteiger partial charge in [0.1, 0.15) is 11.1 Å². The highest BCUT2D eigenvalue weighted by Crippen LogP contribution is 2.21. The maximum atomic E-state index is 12.3. The molecule has 0 saturated heterocycles. The maximum absolute atomic E-state index is 12.3. The lowest BCUT2D eigenvalue weighted by molar-refractivity contribution is -0.126. The summed E-state index contributed by atoms with van der Waals surface area (Å²) in [4.78, 5) is 24.2. The van der Waals surface area contributed by atoms with E-state index in [0.29, 0.717) is 25.7 Å². The van der Waals surface area contributed by atoms with Crippen LogP contribution >= 0.6 is 0 Å². The van der Waals surface area contributed by atoms with Gasteiger partial charge in [-0.1, -0.05) is 13.8 Å². The SMILES string of the molecule is CCC(CC)(NC(=O)OC(C)(C)C)C(=O)CCCCF. The summed E-state index contributed by atoms with van der Waals surface area (Å²) < 4.78 is 17.3. The molecule has 118 valence electrons. The van der Waals surface area contributed by atoms with Crippen LogP contribution in [0.2, 0.25) is 0 Å². The molecule has 0 saturated carbocycles. The predicted octanol–water partition coefficient (Wildman–Crippen LogP) is 3.78. The van der Waals surface area contributed by atoms with Crippen molar-refractivity contribution in [2.24, 2.45) is 0 Å². The molecule has 0 atom stereocenters. The van der Waals surface area contributed by atoms with Crippen LogP contribution in [0.3, 0.4) is 0 Å². The molecular formula is C15H28FNO3. The van der Waals surface area contributed by atoms with Gasteiger partial charge in [0.25, 0.3) is 0 Å². The fraction of sp³-hybridized carbons (Fsp3) is 0.867. The lowest BCUT2D eigenvalue weighted by atomic mass is 9.85. The van der Waals surface area contributed by atoms with E-state index in [0.717, 1.165) is 0 Å². The maximum Gasteiger partial charge on any atom is 0.408 e. The van der Waals surface area contributed by atoms with Gasteiger partial charge in [-0.3, -0.25) is 9.18 Å². The van der Waals surface area contributed by atoms with E-state index in [1.54, 1.807) is 20.8 Å². The van der Waals surface area contributed by atoms with Crippen LogP contribution in [0.1, 0.15) is 66.7 Å². The van der Waals surface area contributed by atoms with Crippen molar-refractivity contribution in [3.05, 3.63) is 0 Å². The highest BCUT2D eigenvalue weighted by Gasteiger charge is 2.36. The highest BCUT2D eigenvalue weighted by molar-refractivity contribution is 5.91. The average Bonchev–Trinajstić information content (AvgIpc) is 2.34. The molecule has 0 aliphatic carbocycles. The topological polar surface area (TPSA) is 55.4 Å². The second kappa shape index (κ2) is 8.22. The van der Waals surface area contributed by atoms with E-state index < -0.39 is 23.9 Å². The first-order valence-electron chi connectivity index (χ1n) is 7.31. The predicted molar refractivity (Wildman–Crippen MR) is 77.5 cm³/mol. The van der Waals surface area contributed by atoms with Crippen LogP contribution in [-0.2, 0) is 9.53 Å². The first-order valence-corrected chi connectivity index (χ1v) is 7.31. The number of carbonyl (C=O) groups excluding carboxylic acids is 2. The summed E-state index contributed by atoms with van der Waals surface area (Å²) in [6, 6.07) is 0. The Balaban J connectivity index is 4.74. The normalized spacial score (nSPS) is 12.1. The van der Waals surface area contributed by atoms with E-state index in [1.807, 2.05) is 13.8 Å². The zero-order chi connectivity index (χ0) is 15.8. The number of alkyl carbamates (subject to hydrolysis) is 1. The molecule has 0 radical (unpaired) electrons. The zero-order valence-corrected chi connectivity index (χ0v) is 13.3. The van der Waals surface area contributed by atoms with Crippen LogP contribution in [0.5, 0.6) is 0 Å². The van der Waals surface area contributed by atoms with Gasteiger partial charge in [-0.05, 0) is 46.5 Å². The molecule has 0 aromatic rings. The molecule has 5 heteroatoms. The minimum atomic E-state index is -0.904. The molecule has 0 aliphatic heterocycles. The molecule has 0 heterocycles. The lowest BCUT2D eigenvalue weighted by Gasteiger charge is -2.32. The number of amides is 1. The van der Waals surface area contributed by atoms with Crippen molar-refractivity contribution < 1.29 is 18.7 Å². The minimum Gasteiger partial charge on any atom is -0.444 e. The quantitative estimate of drug-likeness (QED) is 0.692. The number of Topliss-reactive ketones (excluding diaryl/α,β-unsaturated/α-hetero) is 1. The molecular weight excluding hydrogens is 261 g/mol.